The van der Waals surface area contributed by atoms with E-state index in [9.17, 15) is 4.79 Å². The minimum absolute atomic E-state index is 0.000486. The second-order valence-corrected chi connectivity index (χ2v) is 5.13. The molecule has 0 spiro atoms. The zero-order chi connectivity index (χ0) is 12.5. The summed E-state index contributed by atoms with van der Waals surface area (Å²) in [5.41, 5.74) is 0. The number of carbonyl (C=O) groups excluding carboxylic acids is 1. The van der Waals surface area contributed by atoms with E-state index in [0.717, 1.165) is 0 Å². The minimum atomic E-state index is -0.673. The van der Waals surface area contributed by atoms with Gasteiger partial charge in [-0.1, -0.05) is 18.2 Å². The SMILES string of the molecule is CCOC1(OCC)CC2C=CC1C=C(Br)C2=O. The van der Waals surface area contributed by atoms with Gasteiger partial charge in [-0.15, -0.1) is 0 Å². The van der Waals surface area contributed by atoms with Gasteiger partial charge in [-0.05, 0) is 29.8 Å². The molecule has 3 aliphatic carbocycles. The summed E-state index contributed by atoms with van der Waals surface area (Å²) in [6.07, 6.45) is 6.48. The molecule has 0 aliphatic heterocycles. The van der Waals surface area contributed by atoms with Crippen molar-refractivity contribution >= 4 is 21.7 Å². The molecule has 3 rings (SSSR count). The van der Waals surface area contributed by atoms with Crippen molar-refractivity contribution in [2.75, 3.05) is 13.2 Å². The highest BCUT2D eigenvalue weighted by atomic mass is 79.9. The Morgan fingerprint density at radius 3 is 2.59 bits per heavy atom. The van der Waals surface area contributed by atoms with Crippen molar-refractivity contribution in [1.82, 2.24) is 0 Å². The number of carbonyl (C=O) groups is 1. The van der Waals surface area contributed by atoms with Crippen LogP contribution in [0.2, 0.25) is 0 Å². The number of allylic oxidation sites excluding steroid dienone is 2. The summed E-state index contributed by atoms with van der Waals surface area (Å²) in [6, 6.07) is 0. The van der Waals surface area contributed by atoms with E-state index in [2.05, 4.69) is 15.9 Å². The molecular formula is C13H17BrO3. The van der Waals surface area contributed by atoms with Gasteiger partial charge in [0.1, 0.15) is 0 Å². The lowest BCUT2D eigenvalue weighted by Gasteiger charge is -2.40. The normalized spacial score (nSPS) is 30.3. The van der Waals surface area contributed by atoms with E-state index in [1.54, 1.807) is 0 Å². The molecule has 2 bridgehead atoms. The van der Waals surface area contributed by atoms with Gasteiger partial charge in [-0.25, -0.2) is 0 Å². The molecule has 0 aromatic carbocycles. The fourth-order valence-electron chi connectivity index (χ4n) is 2.53. The zero-order valence-electron chi connectivity index (χ0n) is 10.1. The first-order valence-electron chi connectivity index (χ1n) is 6.00. The number of ketones is 1. The second kappa shape index (κ2) is 5.04. The molecule has 0 radical (unpaired) electrons. The molecule has 0 fully saturated rings. The highest BCUT2D eigenvalue weighted by Gasteiger charge is 2.47. The predicted molar refractivity (Wildman–Crippen MR) is 68.7 cm³/mol. The van der Waals surface area contributed by atoms with Crippen molar-refractivity contribution in [3.8, 4) is 0 Å². The van der Waals surface area contributed by atoms with Crippen LogP contribution in [0.3, 0.4) is 0 Å². The molecule has 3 nitrogen and oxygen atoms in total. The third kappa shape index (κ3) is 2.26. The first kappa shape index (κ1) is 13.0. The standard InChI is InChI=1S/C13H17BrO3/c1-3-16-13(17-4-2)8-9-5-6-10(13)7-11(14)12(9)15/h5-7,9-10H,3-4,8H2,1-2H3. The van der Waals surface area contributed by atoms with E-state index < -0.39 is 5.79 Å². The smallest absolute Gasteiger partial charge is 0.178 e. The summed E-state index contributed by atoms with van der Waals surface area (Å²) in [4.78, 5) is 12.0. The third-order valence-corrected chi connectivity index (χ3v) is 3.89. The molecule has 0 aromatic heterocycles. The van der Waals surface area contributed by atoms with Gasteiger partial charge >= 0.3 is 0 Å². The molecule has 0 heterocycles. The van der Waals surface area contributed by atoms with Crippen LogP contribution in [0.5, 0.6) is 0 Å². The molecule has 17 heavy (non-hydrogen) atoms. The van der Waals surface area contributed by atoms with E-state index in [1.807, 2.05) is 32.1 Å². The van der Waals surface area contributed by atoms with Gasteiger partial charge in [-0.2, -0.15) is 0 Å². The number of ether oxygens (including phenoxy) is 2. The second-order valence-electron chi connectivity index (χ2n) is 4.28. The molecule has 3 aliphatic rings. The van der Waals surface area contributed by atoms with Crippen molar-refractivity contribution in [2.45, 2.75) is 26.1 Å². The van der Waals surface area contributed by atoms with Gasteiger partial charge in [0, 0.05) is 25.6 Å². The topological polar surface area (TPSA) is 35.5 Å². The van der Waals surface area contributed by atoms with Gasteiger partial charge in [0.2, 0.25) is 0 Å². The first-order chi connectivity index (χ1) is 8.13. The van der Waals surface area contributed by atoms with Crippen LogP contribution in [0, 0.1) is 11.8 Å². The van der Waals surface area contributed by atoms with Gasteiger partial charge in [0.25, 0.3) is 0 Å². The molecule has 0 saturated heterocycles. The minimum Gasteiger partial charge on any atom is -0.349 e. The van der Waals surface area contributed by atoms with Crippen LogP contribution < -0.4 is 0 Å². The highest BCUT2D eigenvalue weighted by Crippen LogP contribution is 2.43. The zero-order valence-corrected chi connectivity index (χ0v) is 11.7. The van der Waals surface area contributed by atoms with Crippen LogP contribution in [0.4, 0.5) is 0 Å². The molecule has 0 saturated carbocycles. The quantitative estimate of drug-likeness (QED) is 0.591. The Balaban J connectivity index is 2.37. The van der Waals surface area contributed by atoms with Crippen LogP contribution in [0.25, 0.3) is 0 Å². The van der Waals surface area contributed by atoms with Crippen molar-refractivity contribution < 1.29 is 14.3 Å². The van der Waals surface area contributed by atoms with Gasteiger partial charge < -0.3 is 9.47 Å². The Morgan fingerprint density at radius 1 is 1.35 bits per heavy atom. The summed E-state index contributed by atoms with van der Waals surface area (Å²) in [5, 5.41) is 0. The Hall–Kier alpha value is -0.450. The van der Waals surface area contributed by atoms with E-state index in [0.29, 0.717) is 24.1 Å². The lowest BCUT2D eigenvalue weighted by atomic mass is 9.84. The van der Waals surface area contributed by atoms with E-state index >= 15 is 0 Å². The molecule has 0 amide bonds. The lowest BCUT2D eigenvalue weighted by molar-refractivity contribution is -0.255. The molecule has 0 aromatic rings. The average Bonchev–Trinajstić information content (AvgIpc) is 2.48. The number of fused-ring (bicyclic) bond motifs is 2. The third-order valence-electron chi connectivity index (χ3n) is 3.24. The fraction of sp³-hybridized carbons (Fsp3) is 0.615. The molecule has 2 unspecified atom stereocenters. The summed E-state index contributed by atoms with van der Waals surface area (Å²) >= 11 is 3.34. The van der Waals surface area contributed by atoms with E-state index in [4.69, 9.17) is 9.47 Å². The monoisotopic (exact) mass is 300 g/mol. The lowest BCUT2D eigenvalue weighted by Crippen LogP contribution is -2.45. The summed E-state index contributed by atoms with van der Waals surface area (Å²) < 4.78 is 12.3. The molecule has 4 heteroatoms. The number of hydrogen-bond acceptors (Lipinski definition) is 3. The first-order valence-corrected chi connectivity index (χ1v) is 6.80. The van der Waals surface area contributed by atoms with Crippen molar-refractivity contribution in [3.63, 3.8) is 0 Å². The summed E-state index contributed by atoms with van der Waals surface area (Å²) in [6.45, 7) is 5.06. The van der Waals surface area contributed by atoms with E-state index in [1.165, 1.54) is 0 Å². The Kier molecular flexibility index (Phi) is 3.85. The largest absolute Gasteiger partial charge is 0.349 e. The van der Waals surface area contributed by atoms with Gasteiger partial charge in [0.15, 0.2) is 11.6 Å². The molecule has 0 N–H and O–H groups in total. The van der Waals surface area contributed by atoms with Gasteiger partial charge in [-0.3, -0.25) is 4.79 Å². The van der Waals surface area contributed by atoms with E-state index in [-0.39, 0.29) is 17.6 Å². The molecule has 94 valence electrons. The Labute approximate surface area is 110 Å². The number of hydrogen-bond donors (Lipinski definition) is 0. The number of Topliss-reactive ketones (excluding diaryl/α,β-unsaturated/α-hetero) is 1. The Bertz CT molecular complexity index is 367. The number of rotatable bonds is 4. The van der Waals surface area contributed by atoms with Crippen molar-refractivity contribution in [2.24, 2.45) is 11.8 Å². The summed E-state index contributed by atoms with van der Waals surface area (Å²) in [7, 11) is 0. The van der Waals surface area contributed by atoms with Crippen LogP contribution in [0.15, 0.2) is 22.7 Å². The van der Waals surface area contributed by atoms with Crippen molar-refractivity contribution in [1.29, 1.82) is 0 Å². The van der Waals surface area contributed by atoms with Crippen LogP contribution in [-0.4, -0.2) is 24.8 Å². The number of halogens is 1. The van der Waals surface area contributed by atoms with Crippen LogP contribution in [0.1, 0.15) is 20.3 Å². The van der Waals surface area contributed by atoms with Crippen LogP contribution in [-0.2, 0) is 14.3 Å². The van der Waals surface area contributed by atoms with Gasteiger partial charge in [0.05, 0.1) is 10.4 Å². The fourth-order valence-corrected chi connectivity index (χ4v) is 3.11. The predicted octanol–water partition coefficient (Wildman–Crippen LogP) is 2.81. The maximum Gasteiger partial charge on any atom is 0.178 e. The molecular weight excluding hydrogens is 284 g/mol. The van der Waals surface area contributed by atoms with Crippen LogP contribution >= 0.6 is 15.9 Å². The Morgan fingerprint density at radius 2 is 2.00 bits per heavy atom. The van der Waals surface area contributed by atoms with Crippen molar-refractivity contribution in [3.05, 3.63) is 22.7 Å². The average molecular weight is 301 g/mol. The maximum absolute atomic E-state index is 12.0. The molecule has 2 atom stereocenters. The summed E-state index contributed by atoms with van der Waals surface area (Å²) in [5.74, 6) is -0.698. The maximum atomic E-state index is 12.0. The highest BCUT2D eigenvalue weighted by molar-refractivity contribution is 9.12.